The van der Waals surface area contributed by atoms with E-state index in [0.717, 1.165) is 0 Å². The molecule has 11 nitrogen and oxygen atoms in total. The van der Waals surface area contributed by atoms with Gasteiger partial charge in [0, 0.05) is 0 Å². The molecule has 30 heavy (non-hydrogen) atoms. The first kappa shape index (κ1) is 21.5. The number of rotatable bonds is 5. The fraction of sp³-hybridized carbons (Fsp3) is 0.500. The third-order valence-electron chi connectivity index (χ3n) is 4.33. The van der Waals surface area contributed by atoms with Crippen molar-refractivity contribution in [3.63, 3.8) is 0 Å². The molecule has 1 aliphatic heterocycles. The zero-order valence-electron chi connectivity index (χ0n) is 16.8. The van der Waals surface area contributed by atoms with Crippen LogP contribution in [0.5, 0.6) is 0 Å². The summed E-state index contributed by atoms with van der Waals surface area (Å²) in [6.45, 7) is 5.14. The standard InChI is InChI=1S/C18H22N6O5Si/c1-17(2,3)29-15(25)23-30-16(26)27-8-11-6-7-18(9-19,28-11)13-5-4-12-14(20)21-10-22-24(12)13/h4-5,10-11H,6-8H2,1-3H3,(H,23,25)(H2,20,21,22)/t11-,18-/m0/s1. The second kappa shape index (κ2) is 8.29. The van der Waals surface area contributed by atoms with Crippen LogP contribution in [0.4, 0.5) is 15.4 Å². The first-order valence-corrected chi connectivity index (χ1v) is 10.2. The van der Waals surface area contributed by atoms with Crippen molar-refractivity contribution >= 4 is 32.7 Å². The smallest absolute Gasteiger partial charge is 0.399 e. The van der Waals surface area contributed by atoms with Crippen LogP contribution >= 0.6 is 0 Å². The zero-order valence-corrected chi connectivity index (χ0v) is 17.8. The van der Waals surface area contributed by atoms with Crippen molar-refractivity contribution < 1.29 is 23.8 Å². The molecule has 3 N–H and O–H groups in total. The largest absolute Gasteiger partial charge is 0.466 e. The van der Waals surface area contributed by atoms with Crippen LogP contribution in [0.3, 0.4) is 0 Å². The van der Waals surface area contributed by atoms with Crippen molar-refractivity contribution in [2.45, 2.75) is 50.9 Å². The van der Waals surface area contributed by atoms with Gasteiger partial charge >= 0.3 is 15.8 Å². The molecule has 2 atom stereocenters. The molecule has 1 saturated heterocycles. The molecule has 2 aromatic heterocycles. The molecule has 0 unspecified atom stereocenters. The number of nitriles is 1. The molecule has 1 amide bonds. The average Bonchev–Trinajstić information content (AvgIpc) is 3.29. The van der Waals surface area contributed by atoms with Crippen molar-refractivity contribution in [3.8, 4) is 6.07 Å². The lowest BCUT2D eigenvalue weighted by atomic mass is 9.98. The highest BCUT2D eigenvalue weighted by atomic mass is 28.2. The van der Waals surface area contributed by atoms with Gasteiger partial charge in [-0.15, -0.1) is 0 Å². The molecule has 1 aliphatic rings. The summed E-state index contributed by atoms with van der Waals surface area (Å²) < 4.78 is 17.7. The Bertz CT molecular complexity index is 997. The van der Waals surface area contributed by atoms with Crippen LogP contribution in [0, 0.1) is 11.3 Å². The van der Waals surface area contributed by atoms with E-state index in [4.69, 9.17) is 19.9 Å². The number of fused-ring (bicyclic) bond motifs is 1. The molecule has 0 aromatic carbocycles. The van der Waals surface area contributed by atoms with Gasteiger partial charge in [-0.25, -0.2) is 14.3 Å². The maximum absolute atomic E-state index is 11.9. The van der Waals surface area contributed by atoms with Crippen LogP contribution in [0.25, 0.3) is 5.52 Å². The second-order valence-electron chi connectivity index (χ2n) is 7.73. The molecule has 0 spiro atoms. The molecular weight excluding hydrogens is 408 g/mol. The molecule has 0 aliphatic carbocycles. The molecular formula is C18H22N6O5Si. The molecule has 0 saturated carbocycles. The number of nitrogen functional groups attached to an aromatic ring is 1. The summed E-state index contributed by atoms with van der Waals surface area (Å²) in [5.74, 6) is 0.297. The molecule has 1 fully saturated rings. The maximum atomic E-state index is 11.9. The maximum Gasteiger partial charge on any atom is 0.399 e. The van der Waals surface area contributed by atoms with Gasteiger partial charge in [0.1, 0.15) is 30.1 Å². The van der Waals surface area contributed by atoms with Gasteiger partial charge in [0.15, 0.2) is 11.4 Å². The Morgan fingerprint density at radius 1 is 1.50 bits per heavy atom. The lowest BCUT2D eigenvalue weighted by Gasteiger charge is -2.21. The van der Waals surface area contributed by atoms with Crippen LogP contribution in [0.1, 0.15) is 39.3 Å². The quantitative estimate of drug-likeness (QED) is 0.671. The van der Waals surface area contributed by atoms with E-state index < -0.39 is 38.7 Å². The van der Waals surface area contributed by atoms with Crippen molar-refractivity contribution in [2.75, 3.05) is 12.3 Å². The minimum absolute atomic E-state index is 0.0360. The van der Waals surface area contributed by atoms with Crippen LogP contribution in [0.2, 0.25) is 0 Å². The number of carbonyl (C=O) groups excluding carboxylic acids is 2. The third kappa shape index (κ3) is 4.69. The predicted octanol–water partition coefficient (Wildman–Crippen LogP) is 1.49. The molecule has 3 heterocycles. The van der Waals surface area contributed by atoms with Gasteiger partial charge in [-0.2, -0.15) is 10.4 Å². The molecule has 0 bridgehead atoms. The predicted molar refractivity (Wildman–Crippen MR) is 105 cm³/mol. The monoisotopic (exact) mass is 430 g/mol. The zero-order chi connectivity index (χ0) is 21.9. The number of nitrogens with zero attached hydrogens (tertiary/aromatic N) is 4. The fourth-order valence-corrected chi connectivity index (χ4v) is 3.49. The van der Waals surface area contributed by atoms with E-state index in [1.807, 2.05) is 0 Å². The number of anilines is 1. The summed E-state index contributed by atoms with van der Waals surface area (Å²) in [5.41, 5.74) is 4.47. The number of hydrogen-bond acceptors (Lipinski definition) is 9. The van der Waals surface area contributed by atoms with E-state index in [2.05, 4.69) is 21.1 Å². The molecule has 158 valence electrons. The fourth-order valence-electron chi connectivity index (χ4n) is 3.08. The normalized spacial score (nSPS) is 21.2. The van der Waals surface area contributed by atoms with E-state index in [-0.39, 0.29) is 6.61 Å². The van der Waals surface area contributed by atoms with Crippen molar-refractivity contribution in [1.82, 2.24) is 19.6 Å². The lowest BCUT2D eigenvalue weighted by molar-refractivity contribution is -0.0332. The van der Waals surface area contributed by atoms with Gasteiger partial charge in [0.25, 0.3) is 5.59 Å². The summed E-state index contributed by atoms with van der Waals surface area (Å²) in [6, 6.07) is 5.67. The van der Waals surface area contributed by atoms with Crippen LogP contribution in [0.15, 0.2) is 18.5 Å². The number of ether oxygens (including phenoxy) is 3. The van der Waals surface area contributed by atoms with E-state index in [1.54, 1.807) is 32.9 Å². The summed E-state index contributed by atoms with van der Waals surface area (Å²) in [5, 5.41) is 14.0. The molecule has 2 aromatic rings. The number of aromatic nitrogens is 3. The Morgan fingerprint density at radius 2 is 2.27 bits per heavy atom. The summed E-state index contributed by atoms with van der Waals surface area (Å²) in [4.78, 5) is 29.8. The summed E-state index contributed by atoms with van der Waals surface area (Å²) in [7, 11) is -0.597. The topological polar surface area (TPSA) is 154 Å². The van der Waals surface area contributed by atoms with Gasteiger partial charge in [-0.05, 0) is 45.7 Å². The SMILES string of the molecule is CC(C)(C)OC(=O)N[Si]C(=O)OC[C@@H]1CC[C@](C#N)(c2ccc3c(N)ncnn23)O1. The number of nitrogens with one attached hydrogen (secondary N) is 1. The summed E-state index contributed by atoms with van der Waals surface area (Å²) in [6.07, 6.45) is 1.06. The Labute approximate surface area is 175 Å². The molecule has 12 heteroatoms. The first-order chi connectivity index (χ1) is 14.1. The van der Waals surface area contributed by atoms with Gasteiger partial charge in [0.05, 0.1) is 11.8 Å². The number of amides is 1. The van der Waals surface area contributed by atoms with Crippen LogP contribution in [-0.2, 0) is 19.8 Å². The van der Waals surface area contributed by atoms with Gasteiger partial charge in [-0.1, -0.05) is 0 Å². The van der Waals surface area contributed by atoms with Crippen LogP contribution < -0.4 is 10.7 Å². The molecule has 3 rings (SSSR count). The van der Waals surface area contributed by atoms with Gasteiger partial charge in [-0.3, -0.25) is 4.79 Å². The molecule has 2 radical (unpaired) electrons. The number of nitrogens with two attached hydrogens (primary N) is 1. The lowest BCUT2D eigenvalue weighted by Crippen LogP contribution is -2.38. The Morgan fingerprint density at radius 3 is 2.97 bits per heavy atom. The average molecular weight is 430 g/mol. The van der Waals surface area contributed by atoms with Crippen molar-refractivity contribution in [1.29, 1.82) is 5.26 Å². The van der Waals surface area contributed by atoms with E-state index in [1.165, 1.54) is 10.8 Å². The Hall–Kier alpha value is -3.17. The second-order valence-corrected chi connectivity index (χ2v) is 8.64. The van der Waals surface area contributed by atoms with Crippen molar-refractivity contribution in [2.24, 2.45) is 0 Å². The first-order valence-electron chi connectivity index (χ1n) is 9.23. The summed E-state index contributed by atoms with van der Waals surface area (Å²) >= 11 is 0. The van der Waals surface area contributed by atoms with E-state index in [0.29, 0.717) is 29.9 Å². The number of carbonyl (C=O) groups is 2. The van der Waals surface area contributed by atoms with Gasteiger partial charge in [0.2, 0.25) is 0 Å². The number of hydrogen-bond donors (Lipinski definition) is 2. The van der Waals surface area contributed by atoms with E-state index >= 15 is 0 Å². The van der Waals surface area contributed by atoms with Crippen molar-refractivity contribution in [3.05, 3.63) is 24.2 Å². The van der Waals surface area contributed by atoms with Crippen LogP contribution in [-0.4, -0.2) is 54.3 Å². The highest BCUT2D eigenvalue weighted by Crippen LogP contribution is 2.39. The Balaban J connectivity index is 1.56. The minimum Gasteiger partial charge on any atom is -0.466 e. The highest BCUT2D eigenvalue weighted by Gasteiger charge is 2.45. The third-order valence-corrected chi connectivity index (χ3v) is 5.01. The van der Waals surface area contributed by atoms with E-state index in [9.17, 15) is 14.9 Å². The van der Waals surface area contributed by atoms with Gasteiger partial charge < -0.3 is 24.9 Å². The minimum atomic E-state index is -1.23. The Kier molecular flexibility index (Phi) is 5.95. The highest BCUT2D eigenvalue weighted by molar-refractivity contribution is 6.71.